The second kappa shape index (κ2) is 5.39. The fraction of sp³-hybridized carbons (Fsp3) is 0.417. The summed E-state index contributed by atoms with van der Waals surface area (Å²) in [5.41, 5.74) is 2.07. The van der Waals surface area contributed by atoms with Gasteiger partial charge in [0, 0.05) is 5.69 Å². The van der Waals surface area contributed by atoms with Gasteiger partial charge in [0.1, 0.15) is 6.61 Å². The number of rotatable bonds is 1. The lowest BCUT2D eigenvalue weighted by atomic mass is 10.2. The van der Waals surface area contributed by atoms with Crippen LogP contribution in [-0.2, 0) is 4.74 Å². The third kappa shape index (κ3) is 2.72. The molecule has 0 atom stereocenters. The first-order chi connectivity index (χ1) is 7.27. The summed E-state index contributed by atoms with van der Waals surface area (Å²) in [6, 6.07) is 7.84. The topological polar surface area (TPSA) is 29.5 Å². The van der Waals surface area contributed by atoms with Crippen LogP contribution in [0.25, 0.3) is 0 Å². The van der Waals surface area contributed by atoms with Crippen molar-refractivity contribution in [2.45, 2.75) is 20.8 Å². The third-order valence-corrected chi connectivity index (χ3v) is 2.07. The molecule has 0 unspecified atom stereocenters. The Bertz CT molecular complexity index is 336. The van der Waals surface area contributed by atoms with E-state index in [1.54, 1.807) is 4.90 Å². The highest BCUT2D eigenvalue weighted by Crippen LogP contribution is 2.19. The fourth-order valence-electron chi connectivity index (χ4n) is 1.42. The molecule has 3 heteroatoms. The van der Waals surface area contributed by atoms with E-state index < -0.39 is 0 Å². The van der Waals surface area contributed by atoms with Gasteiger partial charge in [-0.1, -0.05) is 26.0 Å². The average Bonchev–Trinajstić information content (AvgIpc) is 2.67. The number of cyclic esters (lactones) is 1. The van der Waals surface area contributed by atoms with Crippen molar-refractivity contribution in [1.29, 1.82) is 0 Å². The number of ether oxygens (including phenoxy) is 1. The normalized spacial score (nSPS) is 14.3. The number of anilines is 1. The largest absolute Gasteiger partial charge is 0.447 e. The molecule has 0 aliphatic carbocycles. The highest BCUT2D eigenvalue weighted by Gasteiger charge is 2.23. The molecule has 2 rings (SSSR count). The second-order valence-corrected chi connectivity index (χ2v) is 3.11. The van der Waals surface area contributed by atoms with Gasteiger partial charge in [0.2, 0.25) is 0 Å². The van der Waals surface area contributed by atoms with Gasteiger partial charge in [-0.25, -0.2) is 4.79 Å². The lowest BCUT2D eigenvalue weighted by Gasteiger charge is -2.12. The standard InChI is InChI=1S/C10H11NO2.C2H6/c1-8-3-2-4-9(7-8)11-5-6-13-10(11)12;1-2/h2-4,7H,5-6H2,1H3;1-2H3. The van der Waals surface area contributed by atoms with E-state index in [-0.39, 0.29) is 6.09 Å². The van der Waals surface area contributed by atoms with Gasteiger partial charge in [0.15, 0.2) is 0 Å². The van der Waals surface area contributed by atoms with Crippen molar-refractivity contribution in [3.63, 3.8) is 0 Å². The van der Waals surface area contributed by atoms with Crippen LogP contribution < -0.4 is 4.90 Å². The Morgan fingerprint density at radius 1 is 1.33 bits per heavy atom. The second-order valence-electron chi connectivity index (χ2n) is 3.11. The molecule has 0 radical (unpaired) electrons. The third-order valence-electron chi connectivity index (χ3n) is 2.07. The minimum absolute atomic E-state index is 0.245. The van der Waals surface area contributed by atoms with Crippen LogP contribution in [0.5, 0.6) is 0 Å². The highest BCUT2D eigenvalue weighted by molar-refractivity contribution is 5.89. The van der Waals surface area contributed by atoms with Crippen molar-refractivity contribution < 1.29 is 9.53 Å². The van der Waals surface area contributed by atoms with Gasteiger partial charge in [-0.3, -0.25) is 4.90 Å². The molecule has 0 spiro atoms. The van der Waals surface area contributed by atoms with Gasteiger partial charge in [-0.15, -0.1) is 0 Å². The number of hydrogen-bond acceptors (Lipinski definition) is 2. The molecule has 1 fully saturated rings. The SMILES string of the molecule is CC.Cc1cccc(N2CCOC2=O)c1. The van der Waals surface area contributed by atoms with Crippen LogP contribution in [0.1, 0.15) is 19.4 Å². The van der Waals surface area contributed by atoms with Crippen molar-refractivity contribution in [3.8, 4) is 0 Å². The number of carbonyl (C=O) groups excluding carboxylic acids is 1. The number of amides is 1. The van der Waals surface area contributed by atoms with Crippen LogP contribution in [0, 0.1) is 6.92 Å². The molecule has 1 aromatic carbocycles. The molecule has 0 N–H and O–H groups in total. The number of aryl methyl sites for hydroxylation is 1. The predicted molar refractivity (Wildman–Crippen MR) is 61.2 cm³/mol. The molecule has 0 saturated carbocycles. The first-order valence-corrected chi connectivity index (χ1v) is 5.28. The van der Waals surface area contributed by atoms with Crippen LogP contribution >= 0.6 is 0 Å². The lowest BCUT2D eigenvalue weighted by molar-refractivity contribution is 0.181. The summed E-state index contributed by atoms with van der Waals surface area (Å²) in [5.74, 6) is 0. The van der Waals surface area contributed by atoms with E-state index in [2.05, 4.69) is 0 Å². The molecule has 0 aromatic heterocycles. The van der Waals surface area contributed by atoms with E-state index in [9.17, 15) is 4.79 Å². The van der Waals surface area contributed by atoms with Crippen molar-refractivity contribution in [1.82, 2.24) is 0 Å². The van der Waals surface area contributed by atoms with E-state index in [0.717, 1.165) is 11.3 Å². The molecule has 1 amide bonds. The Morgan fingerprint density at radius 3 is 2.60 bits per heavy atom. The molecule has 1 saturated heterocycles. The molecule has 1 heterocycles. The molecular formula is C12H17NO2. The summed E-state index contributed by atoms with van der Waals surface area (Å²) in [4.78, 5) is 12.8. The Hall–Kier alpha value is -1.51. The Kier molecular flexibility index (Phi) is 4.16. The summed E-state index contributed by atoms with van der Waals surface area (Å²) >= 11 is 0. The number of carbonyl (C=O) groups is 1. The minimum Gasteiger partial charge on any atom is -0.447 e. The maximum Gasteiger partial charge on any atom is 0.414 e. The summed E-state index contributed by atoms with van der Waals surface area (Å²) in [5, 5.41) is 0. The Labute approximate surface area is 90.7 Å². The van der Waals surface area contributed by atoms with Crippen LogP contribution in [0.2, 0.25) is 0 Å². The highest BCUT2D eigenvalue weighted by atomic mass is 16.6. The van der Waals surface area contributed by atoms with Crippen LogP contribution in [0.3, 0.4) is 0 Å². The lowest BCUT2D eigenvalue weighted by Crippen LogP contribution is -2.23. The summed E-state index contributed by atoms with van der Waals surface area (Å²) in [7, 11) is 0. The quantitative estimate of drug-likeness (QED) is 0.708. The monoisotopic (exact) mass is 207 g/mol. The summed E-state index contributed by atoms with van der Waals surface area (Å²) in [6.45, 7) is 7.15. The van der Waals surface area contributed by atoms with Gasteiger partial charge >= 0.3 is 6.09 Å². The first-order valence-electron chi connectivity index (χ1n) is 5.28. The summed E-state index contributed by atoms with van der Waals surface area (Å²) in [6.07, 6.45) is -0.245. The number of benzene rings is 1. The zero-order chi connectivity index (χ0) is 11.3. The van der Waals surface area contributed by atoms with E-state index >= 15 is 0 Å². The first kappa shape index (κ1) is 11.6. The van der Waals surface area contributed by atoms with Gasteiger partial charge < -0.3 is 4.74 Å². The van der Waals surface area contributed by atoms with E-state index in [0.29, 0.717) is 13.2 Å². The number of hydrogen-bond donors (Lipinski definition) is 0. The predicted octanol–water partition coefficient (Wildman–Crippen LogP) is 2.98. The maximum absolute atomic E-state index is 11.2. The van der Waals surface area contributed by atoms with Crippen molar-refractivity contribution >= 4 is 11.8 Å². The van der Waals surface area contributed by atoms with Gasteiger partial charge in [0.25, 0.3) is 0 Å². The van der Waals surface area contributed by atoms with Gasteiger partial charge in [-0.2, -0.15) is 0 Å². The maximum atomic E-state index is 11.2. The van der Waals surface area contributed by atoms with Crippen LogP contribution in [0.15, 0.2) is 24.3 Å². The van der Waals surface area contributed by atoms with E-state index in [4.69, 9.17) is 4.74 Å². The molecule has 82 valence electrons. The van der Waals surface area contributed by atoms with Crippen LogP contribution in [0.4, 0.5) is 10.5 Å². The summed E-state index contributed by atoms with van der Waals surface area (Å²) < 4.78 is 4.85. The van der Waals surface area contributed by atoms with E-state index in [1.165, 1.54) is 0 Å². The smallest absolute Gasteiger partial charge is 0.414 e. The Morgan fingerprint density at radius 2 is 2.07 bits per heavy atom. The molecular weight excluding hydrogens is 190 g/mol. The zero-order valence-electron chi connectivity index (χ0n) is 9.49. The van der Waals surface area contributed by atoms with Crippen molar-refractivity contribution in [2.75, 3.05) is 18.1 Å². The van der Waals surface area contributed by atoms with E-state index in [1.807, 2.05) is 45.0 Å². The molecule has 1 aliphatic rings. The van der Waals surface area contributed by atoms with Gasteiger partial charge in [-0.05, 0) is 24.6 Å². The molecule has 1 aliphatic heterocycles. The molecule has 0 bridgehead atoms. The van der Waals surface area contributed by atoms with Crippen molar-refractivity contribution in [2.24, 2.45) is 0 Å². The van der Waals surface area contributed by atoms with Crippen molar-refractivity contribution in [3.05, 3.63) is 29.8 Å². The number of nitrogens with zero attached hydrogens (tertiary/aromatic N) is 1. The molecule has 15 heavy (non-hydrogen) atoms. The molecule has 3 nitrogen and oxygen atoms in total. The minimum atomic E-state index is -0.245. The Balaban J connectivity index is 0.000000531. The average molecular weight is 207 g/mol. The molecule has 1 aromatic rings. The van der Waals surface area contributed by atoms with Gasteiger partial charge in [0.05, 0.1) is 6.54 Å². The van der Waals surface area contributed by atoms with Crippen LogP contribution in [-0.4, -0.2) is 19.2 Å². The zero-order valence-corrected chi connectivity index (χ0v) is 9.49. The fourth-order valence-corrected chi connectivity index (χ4v) is 1.42.